The van der Waals surface area contributed by atoms with Gasteiger partial charge in [0.2, 0.25) is 10.0 Å². The number of sulfonamides is 1. The van der Waals surface area contributed by atoms with Crippen LogP contribution in [0.15, 0.2) is 17.0 Å². The van der Waals surface area contributed by atoms with Gasteiger partial charge in [-0.15, -0.1) is 0 Å². The third-order valence-electron chi connectivity index (χ3n) is 3.71. The molecule has 21 heavy (non-hydrogen) atoms. The Morgan fingerprint density at radius 2 is 1.86 bits per heavy atom. The molecule has 0 heterocycles. The molecule has 0 aromatic heterocycles. The van der Waals surface area contributed by atoms with E-state index in [1.165, 1.54) is 12.1 Å². The molecule has 0 atom stereocenters. The Kier molecular flexibility index (Phi) is 5.58. The van der Waals surface area contributed by atoms with E-state index in [4.69, 9.17) is 23.2 Å². The topological polar surface area (TPSA) is 46.2 Å². The van der Waals surface area contributed by atoms with Gasteiger partial charge in [-0.1, -0.05) is 58.4 Å². The van der Waals surface area contributed by atoms with Gasteiger partial charge in [-0.05, 0) is 25.0 Å². The van der Waals surface area contributed by atoms with Gasteiger partial charge in [0.1, 0.15) is 4.90 Å². The lowest BCUT2D eigenvalue weighted by Gasteiger charge is -2.36. The summed E-state index contributed by atoms with van der Waals surface area (Å²) in [5.41, 5.74) is -0.545. The van der Waals surface area contributed by atoms with E-state index in [9.17, 15) is 12.8 Å². The molecule has 0 spiro atoms. The van der Waals surface area contributed by atoms with Crippen LogP contribution in [-0.4, -0.2) is 19.3 Å². The van der Waals surface area contributed by atoms with Crippen molar-refractivity contribution in [3.8, 4) is 0 Å². The highest BCUT2D eigenvalue weighted by molar-refractivity contribution is 9.09. The van der Waals surface area contributed by atoms with Gasteiger partial charge in [-0.2, -0.15) is 0 Å². The van der Waals surface area contributed by atoms with Crippen LogP contribution in [0.2, 0.25) is 10.0 Å². The third kappa shape index (κ3) is 3.72. The average molecular weight is 419 g/mol. The number of halogens is 4. The molecule has 0 aliphatic heterocycles. The predicted octanol–water partition coefficient (Wildman–Crippen LogP) is 4.51. The van der Waals surface area contributed by atoms with Crippen molar-refractivity contribution in [1.29, 1.82) is 0 Å². The molecular weight excluding hydrogens is 404 g/mol. The Balaban J connectivity index is 2.36. The smallest absolute Gasteiger partial charge is 0.207 e. The summed E-state index contributed by atoms with van der Waals surface area (Å²) >= 11 is 14.8. The Morgan fingerprint density at radius 3 is 2.43 bits per heavy atom. The van der Waals surface area contributed by atoms with Crippen LogP contribution in [0.1, 0.15) is 32.1 Å². The van der Waals surface area contributed by atoms with Crippen LogP contribution in [0.4, 0.5) is 4.39 Å². The van der Waals surface area contributed by atoms with E-state index in [2.05, 4.69) is 20.7 Å². The monoisotopic (exact) mass is 417 g/mol. The minimum atomic E-state index is -3.91. The van der Waals surface area contributed by atoms with Crippen molar-refractivity contribution < 1.29 is 12.8 Å². The zero-order chi connectivity index (χ0) is 15.7. The summed E-state index contributed by atoms with van der Waals surface area (Å²) in [4.78, 5) is -0.281. The lowest BCUT2D eigenvalue weighted by atomic mass is 9.84. The van der Waals surface area contributed by atoms with Crippen molar-refractivity contribution in [2.45, 2.75) is 42.5 Å². The minimum absolute atomic E-state index is 0.202. The third-order valence-corrected chi connectivity index (χ3v) is 7.17. The minimum Gasteiger partial charge on any atom is -0.207 e. The molecule has 0 amide bonds. The fraction of sp³-hybridized carbons (Fsp3) is 0.538. The van der Waals surface area contributed by atoms with E-state index in [0.29, 0.717) is 5.33 Å². The summed E-state index contributed by atoms with van der Waals surface area (Å²) in [6.45, 7) is 0. The maximum absolute atomic E-state index is 13.7. The first-order valence-corrected chi connectivity index (χ1v) is 9.91. The summed E-state index contributed by atoms with van der Waals surface area (Å²) in [7, 11) is -3.91. The van der Waals surface area contributed by atoms with Crippen LogP contribution in [0, 0.1) is 5.82 Å². The van der Waals surface area contributed by atoms with Crippen molar-refractivity contribution in [2.24, 2.45) is 0 Å². The molecule has 0 unspecified atom stereocenters. The number of hydrogen-bond donors (Lipinski definition) is 1. The van der Waals surface area contributed by atoms with E-state index in [1.54, 1.807) is 0 Å². The zero-order valence-corrected chi connectivity index (χ0v) is 15.0. The normalized spacial score (nSPS) is 18.7. The molecule has 1 aliphatic rings. The maximum atomic E-state index is 13.7. The predicted molar refractivity (Wildman–Crippen MR) is 86.4 cm³/mol. The Morgan fingerprint density at radius 1 is 1.24 bits per heavy atom. The number of benzene rings is 1. The van der Waals surface area contributed by atoms with Crippen molar-refractivity contribution >= 4 is 49.2 Å². The summed E-state index contributed by atoms with van der Waals surface area (Å²) in [5, 5.41) is -0.172. The molecule has 1 aromatic carbocycles. The number of rotatable bonds is 4. The molecule has 1 saturated carbocycles. The quantitative estimate of drug-likeness (QED) is 0.577. The molecule has 118 valence electrons. The summed E-state index contributed by atoms with van der Waals surface area (Å²) in [5.74, 6) is -0.919. The van der Waals surface area contributed by atoms with E-state index < -0.39 is 26.4 Å². The lowest BCUT2D eigenvalue weighted by Crippen LogP contribution is -2.51. The van der Waals surface area contributed by atoms with Crippen molar-refractivity contribution in [2.75, 3.05) is 5.33 Å². The van der Waals surface area contributed by atoms with Gasteiger partial charge in [-0.25, -0.2) is 17.5 Å². The Hall–Kier alpha value is 0.120. The zero-order valence-electron chi connectivity index (χ0n) is 11.1. The summed E-state index contributed by atoms with van der Waals surface area (Å²) in [6.07, 6.45) is 4.48. The second-order valence-corrected chi connectivity index (χ2v) is 8.25. The van der Waals surface area contributed by atoms with E-state index >= 15 is 0 Å². The fourth-order valence-corrected chi connectivity index (χ4v) is 5.64. The molecule has 3 nitrogen and oxygen atoms in total. The number of nitrogens with one attached hydrogen (secondary N) is 1. The van der Waals surface area contributed by atoms with Gasteiger partial charge in [0, 0.05) is 10.9 Å². The molecule has 2 rings (SSSR count). The average Bonchev–Trinajstić information content (AvgIpc) is 2.45. The number of alkyl halides is 1. The fourth-order valence-electron chi connectivity index (χ4n) is 2.55. The second kappa shape index (κ2) is 6.71. The molecule has 1 N–H and O–H groups in total. The van der Waals surface area contributed by atoms with Gasteiger partial charge < -0.3 is 0 Å². The van der Waals surface area contributed by atoms with Gasteiger partial charge >= 0.3 is 0 Å². The Labute approximate surface area is 142 Å². The highest BCUT2D eigenvalue weighted by Gasteiger charge is 2.36. The SMILES string of the molecule is O=S(=O)(NC1(CBr)CCCCC1)c1ccc(Cl)c(F)c1Cl. The molecular formula is C13H15BrCl2FNO2S. The van der Waals surface area contributed by atoms with Crippen molar-refractivity contribution in [1.82, 2.24) is 4.72 Å². The van der Waals surface area contributed by atoms with Crippen LogP contribution in [0.3, 0.4) is 0 Å². The van der Waals surface area contributed by atoms with Crippen LogP contribution >= 0.6 is 39.1 Å². The molecule has 8 heteroatoms. The molecule has 1 aliphatic carbocycles. The summed E-state index contributed by atoms with van der Waals surface area (Å²) in [6, 6.07) is 2.42. The van der Waals surface area contributed by atoms with E-state index in [0.717, 1.165) is 32.1 Å². The van der Waals surface area contributed by atoms with Gasteiger partial charge in [-0.3, -0.25) is 0 Å². The first kappa shape index (κ1) is 17.5. The highest BCUT2D eigenvalue weighted by Crippen LogP contribution is 2.34. The van der Waals surface area contributed by atoms with Crippen LogP contribution in [-0.2, 0) is 10.0 Å². The number of hydrogen-bond acceptors (Lipinski definition) is 2. The van der Waals surface area contributed by atoms with Gasteiger partial charge in [0.15, 0.2) is 5.82 Å². The van der Waals surface area contributed by atoms with E-state index in [1.807, 2.05) is 0 Å². The summed E-state index contributed by atoms with van der Waals surface area (Å²) < 4.78 is 41.5. The van der Waals surface area contributed by atoms with Crippen LogP contribution < -0.4 is 4.72 Å². The van der Waals surface area contributed by atoms with Crippen molar-refractivity contribution in [3.63, 3.8) is 0 Å². The largest absolute Gasteiger partial charge is 0.242 e. The van der Waals surface area contributed by atoms with Gasteiger partial charge in [0.25, 0.3) is 0 Å². The molecule has 1 aromatic rings. The molecule has 1 fully saturated rings. The highest BCUT2D eigenvalue weighted by atomic mass is 79.9. The standard InChI is InChI=1S/C13H15BrCl2FNO2S/c14-8-13(6-2-1-3-7-13)18-21(19,20)10-5-4-9(15)12(17)11(10)16/h4-5,18H,1-3,6-8H2. The van der Waals surface area contributed by atoms with E-state index in [-0.39, 0.29) is 9.92 Å². The molecule has 0 radical (unpaired) electrons. The Bertz CT molecular complexity index is 633. The molecule has 0 saturated heterocycles. The molecule has 0 bridgehead atoms. The van der Waals surface area contributed by atoms with Crippen LogP contribution in [0.5, 0.6) is 0 Å². The van der Waals surface area contributed by atoms with Gasteiger partial charge in [0.05, 0.1) is 10.0 Å². The first-order chi connectivity index (χ1) is 9.81. The van der Waals surface area contributed by atoms with Crippen LogP contribution in [0.25, 0.3) is 0 Å². The lowest BCUT2D eigenvalue weighted by molar-refractivity contribution is 0.301. The second-order valence-electron chi connectivity index (χ2n) is 5.25. The first-order valence-electron chi connectivity index (χ1n) is 6.55. The van der Waals surface area contributed by atoms with Crippen molar-refractivity contribution in [3.05, 3.63) is 28.0 Å². The maximum Gasteiger partial charge on any atom is 0.242 e.